The van der Waals surface area contributed by atoms with Gasteiger partial charge in [0.1, 0.15) is 0 Å². The third-order valence-corrected chi connectivity index (χ3v) is 6.46. The number of ether oxygens (including phenoxy) is 1. The average Bonchev–Trinajstić information content (AvgIpc) is 2.53. The second kappa shape index (κ2) is 6.08. The Balaban J connectivity index is 1.38. The number of benzene rings is 1. The molecule has 5 rings (SSSR count). The smallest absolute Gasteiger partial charge is 0.312 e. The molecule has 4 saturated carbocycles. The minimum Gasteiger partial charge on any atom is -0.455 e. The number of nitrogens with one attached hydrogen (secondary N) is 1. The Morgan fingerprint density at radius 2 is 1.88 bits per heavy atom. The van der Waals surface area contributed by atoms with E-state index in [0.717, 1.165) is 48.9 Å². The zero-order valence-electron chi connectivity index (χ0n) is 15.5. The van der Waals surface area contributed by atoms with Crippen LogP contribution in [0.15, 0.2) is 18.2 Å². The van der Waals surface area contributed by atoms with Crippen LogP contribution in [0, 0.1) is 31.1 Å². The van der Waals surface area contributed by atoms with Crippen molar-refractivity contribution in [3.63, 3.8) is 0 Å². The molecule has 0 spiro atoms. The zero-order chi connectivity index (χ0) is 18.5. The molecule has 0 aromatic heterocycles. The van der Waals surface area contributed by atoms with Crippen LogP contribution in [0.4, 0.5) is 5.69 Å². The van der Waals surface area contributed by atoms with Crippen molar-refractivity contribution < 1.29 is 19.4 Å². The van der Waals surface area contributed by atoms with E-state index >= 15 is 0 Å². The minimum atomic E-state index is -0.704. The molecule has 26 heavy (non-hydrogen) atoms. The van der Waals surface area contributed by atoms with Crippen LogP contribution in [0.1, 0.15) is 49.7 Å². The van der Waals surface area contributed by atoms with Gasteiger partial charge in [0.15, 0.2) is 6.61 Å². The third-order valence-electron chi connectivity index (χ3n) is 6.46. The molecule has 4 aliphatic rings. The SMILES string of the molecule is Cc1ccc(C)c(NC(=O)COC(=O)C23C[C@@H]4C[C@@H](CC(O)(C4)C2)C3)c1. The van der Waals surface area contributed by atoms with Crippen molar-refractivity contribution >= 4 is 17.6 Å². The van der Waals surface area contributed by atoms with Crippen molar-refractivity contribution in [2.24, 2.45) is 17.3 Å². The topological polar surface area (TPSA) is 75.6 Å². The summed E-state index contributed by atoms with van der Waals surface area (Å²) >= 11 is 0. The van der Waals surface area contributed by atoms with Gasteiger partial charge in [-0.2, -0.15) is 0 Å². The van der Waals surface area contributed by atoms with Crippen LogP contribution < -0.4 is 5.32 Å². The molecule has 1 amide bonds. The number of aliphatic hydroxyl groups is 1. The highest BCUT2D eigenvalue weighted by atomic mass is 16.5. The molecule has 4 fully saturated rings. The van der Waals surface area contributed by atoms with E-state index in [4.69, 9.17) is 4.74 Å². The largest absolute Gasteiger partial charge is 0.455 e. The molecule has 4 atom stereocenters. The van der Waals surface area contributed by atoms with Crippen molar-refractivity contribution in [3.8, 4) is 0 Å². The molecule has 1 aromatic rings. The van der Waals surface area contributed by atoms with Crippen molar-refractivity contribution in [1.29, 1.82) is 0 Å². The van der Waals surface area contributed by atoms with Crippen LogP contribution in [0.5, 0.6) is 0 Å². The van der Waals surface area contributed by atoms with Gasteiger partial charge in [-0.3, -0.25) is 9.59 Å². The molecule has 140 valence electrons. The first-order valence-electron chi connectivity index (χ1n) is 9.54. The summed E-state index contributed by atoms with van der Waals surface area (Å²) in [7, 11) is 0. The lowest BCUT2D eigenvalue weighted by Gasteiger charge is -2.58. The predicted octanol–water partition coefficient (Wildman–Crippen LogP) is 3.12. The van der Waals surface area contributed by atoms with E-state index in [-0.39, 0.29) is 18.5 Å². The maximum absolute atomic E-state index is 12.8. The van der Waals surface area contributed by atoms with E-state index in [9.17, 15) is 14.7 Å². The van der Waals surface area contributed by atoms with Gasteiger partial charge in [0.2, 0.25) is 0 Å². The molecule has 5 heteroatoms. The minimum absolute atomic E-state index is 0.276. The highest BCUT2D eigenvalue weighted by Gasteiger charge is 2.60. The Labute approximate surface area is 154 Å². The lowest BCUT2D eigenvalue weighted by atomic mass is 9.48. The number of rotatable bonds is 4. The summed E-state index contributed by atoms with van der Waals surface area (Å²) in [6, 6.07) is 5.85. The number of aryl methyl sites for hydroxylation is 2. The van der Waals surface area contributed by atoms with Gasteiger partial charge in [0.05, 0.1) is 11.0 Å². The normalized spacial score (nSPS) is 34.6. The van der Waals surface area contributed by atoms with Crippen molar-refractivity contribution in [3.05, 3.63) is 29.3 Å². The summed E-state index contributed by atoms with van der Waals surface area (Å²) < 4.78 is 5.41. The van der Waals surface area contributed by atoms with Gasteiger partial charge >= 0.3 is 5.97 Å². The van der Waals surface area contributed by atoms with E-state index in [1.807, 2.05) is 32.0 Å². The molecule has 0 aliphatic heterocycles. The summed E-state index contributed by atoms with van der Waals surface area (Å²) in [5.41, 5.74) is 1.49. The molecule has 2 N–H and O–H groups in total. The Kier molecular flexibility index (Phi) is 4.10. The fourth-order valence-corrected chi connectivity index (χ4v) is 5.79. The number of amides is 1. The van der Waals surface area contributed by atoms with Gasteiger partial charge in [0.25, 0.3) is 5.91 Å². The number of carbonyl (C=O) groups is 2. The van der Waals surface area contributed by atoms with Crippen molar-refractivity contribution in [2.45, 2.75) is 58.0 Å². The molecule has 0 heterocycles. The first-order chi connectivity index (χ1) is 12.3. The molecular formula is C21H27NO4. The standard InChI is InChI=1S/C21H27NO4/c1-13-3-4-14(2)17(5-13)22-18(23)11-26-19(24)20-7-15-6-16(8-20)10-21(25,9-15)12-20/h3-5,15-16,25H,6-12H2,1-2H3,(H,22,23)/t15-,16+,20?,21?. The van der Waals surface area contributed by atoms with Gasteiger partial charge in [-0.25, -0.2) is 0 Å². The molecule has 2 unspecified atom stereocenters. The summed E-state index contributed by atoms with van der Waals surface area (Å²) in [5, 5.41) is 13.6. The van der Waals surface area contributed by atoms with E-state index < -0.39 is 11.0 Å². The molecular weight excluding hydrogens is 330 g/mol. The van der Waals surface area contributed by atoms with E-state index in [1.165, 1.54) is 0 Å². The number of anilines is 1. The van der Waals surface area contributed by atoms with Crippen LogP contribution in [0.25, 0.3) is 0 Å². The van der Waals surface area contributed by atoms with Gasteiger partial charge < -0.3 is 15.2 Å². The maximum atomic E-state index is 12.8. The summed E-state index contributed by atoms with van der Waals surface area (Å²) in [4.78, 5) is 25.0. The van der Waals surface area contributed by atoms with Crippen LogP contribution in [-0.4, -0.2) is 29.2 Å². The Morgan fingerprint density at radius 1 is 1.19 bits per heavy atom. The Hall–Kier alpha value is -1.88. The first-order valence-corrected chi connectivity index (χ1v) is 9.54. The van der Waals surface area contributed by atoms with Gasteiger partial charge in [-0.1, -0.05) is 12.1 Å². The van der Waals surface area contributed by atoms with Gasteiger partial charge in [0, 0.05) is 5.69 Å². The molecule has 1 aromatic carbocycles. The fourth-order valence-electron chi connectivity index (χ4n) is 5.79. The lowest BCUT2D eigenvalue weighted by molar-refractivity contribution is -0.196. The van der Waals surface area contributed by atoms with Crippen molar-refractivity contribution in [1.82, 2.24) is 0 Å². The number of esters is 1. The first kappa shape index (κ1) is 17.5. The van der Waals surface area contributed by atoms with Crippen LogP contribution >= 0.6 is 0 Å². The monoisotopic (exact) mass is 357 g/mol. The number of hydrogen-bond donors (Lipinski definition) is 2. The van der Waals surface area contributed by atoms with Crippen LogP contribution in [-0.2, 0) is 14.3 Å². The lowest BCUT2D eigenvalue weighted by Crippen LogP contribution is -2.58. The summed E-state index contributed by atoms with van der Waals surface area (Å²) in [5.74, 6) is 0.201. The highest BCUT2D eigenvalue weighted by Crippen LogP contribution is 2.61. The number of hydrogen-bond acceptors (Lipinski definition) is 4. The summed E-state index contributed by atoms with van der Waals surface area (Å²) in [6.45, 7) is 3.62. The fraction of sp³-hybridized carbons (Fsp3) is 0.619. The number of carbonyl (C=O) groups excluding carboxylic acids is 2. The van der Waals surface area contributed by atoms with Crippen molar-refractivity contribution in [2.75, 3.05) is 11.9 Å². The molecule has 4 bridgehead atoms. The molecule has 5 nitrogen and oxygen atoms in total. The quantitative estimate of drug-likeness (QED) is 0.812. The van der Waals surface area contributed by atoms with Gasteiger partial charge in [-0.05, 0) is 81.4 Å². The predicted molar refractivity (Wildman–Crippen MR) is 97.6 cm³/mol. The van der Waals surface area contributed by atoms with E-state index in [0.29, 0.717) is 18.3 Å². The Bertz CT molecular complexity index is 742. The van der Waals surface area contributed by atoms with Gasteiger partial charge in [-0.15, -0.1) is 0 Å². The average molecular weight is 357 g/mol. The summed E-state index contributed by atoms with van der Waals surface area (Å²) in [6.07, 6.45) is 4.82. The van der Waals surface area contributed by atoms with E-state index in [2.05, 4.69) is 5.32 Å². The maximum Gasteiger partial charge on any atom is 0.312 e. The third kappa shape index (κ3) is 3.13. The highest BCUT2D eigenvalue weighted by molar-refractivity contribution is 5.94. The zero-order valence-corrected chi connectivity index (χ0v) is 15.5. The second-order valence-electron chi connectivity index (χ2n) is 8.91. The van der Waals surface area contributed by atoms with E-state index in [1.54, 1.807) is 0 Å². The second-order valence-corrected chi connectivity index (χ2v) is 8.91. The van der Waals surface area contributed by atoms with Crippen LogP contribution in [0.2, 0.25) is 0 Å². The molecule has 4 aliphatic carbocycles. The molecule has 0 saturated heterocycles. The van der Waals surface area contributed by atoms with Crippen LogP contribution in [0.3, 0.4) is 0 Å². The molecule has 0 radical (unpaired) electrons. The Morgan fingerprint density at radius 3 is 2.54 bits per heavy atom.